The van der Waals surface area contributed by atoms with Gasteiger partial charge in [-0.05, 0) is 67.0 Å². The number of nitrogens with two attached hydrogens (primary N) is 1. The van der Waals surface area contributed by atoms with E-state index in [1.165, 1.54) is 6.07 Å². The molecule has 30 heavy (non-hydrogen) atoms. The molecular formula is C22H31FN2O3S2. The maximum Gasteiger partial charge on any atom is 0.259 e. The number of aliphatic hydroxyl groups is 1. The third kappa shape index (κ3) is 5.35. The zero-order chi connectivity index (χ0) is 23.0. The van der Waals surface area contributed by atoms with Crippen LogP contribution in [0.25, 0.3) is 0 Å². The zero-order valence-electron chi connectivity index (χ0n) is 18.6. The quantitative estimate of drug-likeness (QED) is 0.633. The van der Waals surface area contributed by atoms with Crippen LogP contribution in [-0.4, -0.2) is 15.2 Å². The van der Waals surface area contributed by atoms with Crippen LogP contribution >= 0.6 is 11.3 Å². The number of hydrogen-bond donors (Lipinski definition) is 2. The van der Waals surface area contributed by atoms with Gasteiger partial charge in [0, 0.05) is 4.88 Å². The lowest BCUT2D eigenvalue weighted by molar-refractivity contribution is -0.117. The largest absolute Gasteiger partial charge is 0.386 e. The Bertz CT molecular complexity index is 1070. The summed E-state index contributed by atoms with van der Waals surface area (Å²) in [7, 11) is -3.48. The second kappa shape index (κ2) is 8.86. The molecule has 1 heterocycles. The lowest BCUT2D eigenvalue weighted by Crippen LogP contribution is -2.17. The van der Waals surface area contributed by atoms with Crippen LogP contribution in [0.15, 0.2) is 26.8 Å². The fourth-order valence-electron chi connectivity index (χ4n) is 3.60. The van der Waals surface area contributed by atoms with Gasteiger partial charge in [0.2, 0.25) is 0 Å². The number of hydrogen-bond acceptors (Lipinski definition) is 4. The van der Waals surface area contributed by atoms with Crippen molar-refractivity contribution >= 4 is 27.2 Å². The van der Waals surface area contributed by atoms with E-state index in [1.807, 2.05) is 27.7 Å². The van der Waals surface area contributed by atoms with Crippen LogP contribution in [0.4, 0.5) is 4.39 Å². The van der Waals surface area contributed by atoms with Crippen LogP contribution in [-0.2, 0) is 26.7 Å². The summed E-state index contributed by atoms with van der Waals surface area (Å²) in [4.78, 5) is 13.5. The summed E-state index contributed by atoms with van der Waals surface area (Å²) in [5.41, 5.74) is 1.40. The standard InChI is InChI=1S/C22H31FN2O3S2/c1-12(2)15-8-9-18(23)21(13(3)4)16(15)10-19(26)25-30(24,28)20-11-17(14(5)29-20)22(6,7)27/h8-9,11-13,27H,10H2,1-7H3,(H2,24,25,26,28)/t30-/m0/s1. The van der Waals surface area contributed by atoms with Gasteiger partial charge in [0.15, 0.2) is 9.92 Å². The van der Waals surface area contributed by atoms with Crippen molar-refractivity contribution in [2.24, 2.45) is 9.50 Å². The number of aryl methyl sites for hydroxylation is 1. The third-order valence-corrected chi connectivity index (χ3v) is 7.93. The lowest BCUT2D eigenvalue weighted by atomic mass is 9.86. The number of carbonyl (C=O) groups is 1. The minimum Gasteiger partial charge on any atom is -0.386 e. The van der Waals surface area contributed by atoms with E-state index in [0.29, 0.717) is 16.7 Å². The van der Waals surface area contributed by atoms with Gasteiger partial charge in [-0.3, -0.25) is 4.79 Å². The van der Waals surface area contributed by atoms with E-state index in [1.54, 1.807) is 32.9 Å². The molecule has 0 radical (unpaired) electrons. The van der Waals surface area contributed by atoms with Crippen LogP contribution in [0.1, 0.15) is 80.5 Å². The second-order valence-corrected chi connectivity index (χ2v) is 11.9. The molecule has 0 bridgehead atoms. The molecule has 0 fully saturated rings. The zero-order valence-corrected chi connectivity index (χ0v) is 20.2. The van der Waals surface area contributed by atoms with Crippen molar-refractivity contribution < 1.29 is 18.5 Å². The molecule has 1 atom stereocenters. The van der Waals surface area contributed by atoms with Gasteiger partial charge >= 0.3 is 0 Å². The Morgan fingerprint density at radius 2 is 1.87 bits per heavy atom. The smallest absolute Gasteiger partial charge is 0.259 e. The van der Waals surface area contributed by atoms with Crippen molar-refractivity contribution in [3.8, 4) is 0 Å². The fraction of sp³-hybridized carbons (Fsp3) is 0.500. The Hall–Kier alpha value is -1.61. The van der Waals surface area contributed by atoms with Crippen LogP contribution < -0.4 is 5.14 Å². The summed E-state index contributed by atoms with van der Waals surface area (Å²) in [6.07, 6.45) is -0.171. The monoisotopic (exact) mass is 454 g/mol. The van der Waals surface area contributed by atoms with Crippen LogP contribution in [0.2, 0.25) is 0 Å². The molecule has 0 unspecified atom stereocenters. The highest BCUT2D eigenvalue weighted by Crippen LogP contribution is 2.34. The third-order valence-electron chi connectivity index (χ3n) is 4.95. The van der Waals surface area contributed by atoms with Gasteiger partial charge < -0.3 is 5.11 Å². The summed E-state index contributed by atoms with van der Waals surface area (Å²) >= 11 is 1.15. The van der Waals surface area contributed by atoms with Crippen molar-refractivity contribution in [3.05, 3.63) is 51.1 Å². The molecule has 0 aliphatic carbocycles. The molecule has 1 aromatic carbocycles. The lowest BCUT2D eigenvalue weighted by Gasteiger charge is -2.19. The summed E-state index contributed by atoms with van der Waals surface area (Å²) < 4.78 is 31.6. The second-order valence-electron chi connectivity index (χ2n) is 8.66. The van der Waals surface area contributed by atoms with Crippen molar-refractivity contribution in [1.29, 1.82) is 0 Å². The van der Waals surface area contributed by atoms with Crippen molar-refractivity contribution in [2.45, 2.75) is 76.5 Å². The molecule has 3 N–H and O–H groups in total. The normalized spacial score (nSPS) is 14.3. The average molecular weight is 455 g/mol. The van der Waals surface area contributed by atoms with Crippen LogP contribution in [0.5, 0.6) is 0 Å². The summed E-state index contributed by atoms with van der Waals surface area (Å²) in [5.74, 6) is -1.06. The predicted octanol–water partition coefficient (Wildman–Crippen LogP) is 5.14. The fourth-order valence-corrected chi connectivity index (χ4v) is 6.21. The Labute approximate surface area is 182 Å². The van der Waals surface area contributed by atoms with Gasteiger partial charge in [-0.1, -0.05) is 33.8 Å². The van der Waals surface area contributed by atoms with E-state index >= 15 is 0 Å². The number of amides is 1. The Kier molecular flexibility index (Phi) is 7.29. The summed E-state index contributed by atoms with van der Waals surface area (Å²) in [5, 5.41) is 16.2. The molecule has 0 aliphatic heterocycles. The van der Waals surface area contributed by atoms with Crippen molar-refractivity contribution in [2.75, 3.05) is 0 Å². The molecule has 0 saturated heterocycles. The van der Waals surface area contributed by atoms with Crippen molar-refractivity contribution in [3.63, 3.8) is 0 Å². The van der Waals surface area contributed by atoms with E-state index in [9.17, 15) is 18.5 Å². The number of rotatable bonds is 6. The molecule has 5 nitrogen and oxygen atoms in total. The first-order valence-corrected chi connectivity index (χ1v) is 12.3. The van der Waals surface area contributed by atoms with Gasteiger partial charge in [-0.15, -0.1) is 15.7 Å². The Morgan fingerprint density at radius 1 is 1.27 bits per heavy atom. The number of halogens is 1. The molecule has 2 rings (SSSR count). The molecule has 0 spiro atoms. The van der Waals surface area contributed by atoms with Crippen molar-refractivity contribution in [1.82, 2.24) is 0 Å². The number of nitrogens with zero attached hydrogens (tertiary/aromatic N) is 1. The van der Waals surface area contributed by atoms with E-state index in [4.69, 9.17) is 5.14 Å². The first-order chi connectivity index (χ1) is 13.6. The van der Waals surface area contributed by atoms with Gasteiger partial charge in [0.05, 0.1) is 12.0 Å². The topological polar surface area (TPSA) is 92.8 Å². The average Bonchev–Trinajstić information content (AvgIpc) is 2.96. The highest BCUT2D eigenvalue weighted by atomic mass is 32.2. The highest BCUT2D eigenvalue weighted by Gasteiger charge is 2.25. The molecular weight excluding hydrogens is 423 g/mol. The first-order valence-electron chi connectivity index (χ1n) is 9.87. The molecule has 0 saturated carbocycles. The van der Waals surface area contributed by atoms with Gasteiger partial charge in [0.25, 0.3) is 5.91 Å². The van der Waals surface area contributed by atoms with Gasteiger partial charge in [-0.2, -0.15) is 0 Å². The van der Waals surface area contributed by atoms with Gasteiger partial charge in [-0.25, -0.2) is 13.7 Å². The molecule has 2 aromatic rings. The highest BCUT2D eigenvalue weighted by molar-refractivity contribution is 7.93. The Morgan fingerprint density at radius 3 is 2.33 bits per heavy atom. The molecule has 1 amide bonds. The van der Waals surface area contributed by atoms with E-state index in [2.05, 4.69) is 4.36 Å². The van der Waals surface area contributed by atoms with Gasteiger partial charge in [0.1, 0.15) is 10.0 Å². The minimum absolute atomic E-state index is 0.0856. The minimum atomic E-state index is -3.48. The number of carbonyl (C=O) groups excluding carboxylic acids is 1. The molecule has 1 aromatic heterocycles. The Balaban J connectivity index is 2.50. The summed E-state index contributed by atoms with van der Waals surface area (Å²) in [6.45, 7) is 12.7. The SMILES string of the molecule is Cc1sc([S@@](N)(=O)=NC(=O)Cc2c(C(C)C)ccc(F)c2C(C)C)cc1C(C)(C)O. The van der Waals surface area contributed by atoms with E-state index in [0.717, 1.165) is 21.8 Å². The molecule has 166 valence electrons. The molecule has 8 heteroatoms. The predicted molar refractivity (Wildman–Crippen MR) is 121 cm³/mol. The first kappa shape index (κ1) is 24.7. The maximum absolute atomic E-state index is 14.5. The van der Waals surface area contributed by atoms with E-state index in [-0.39, 0.29) is 28.3 Å². The molecule has 0 aliphatic rings. The van der Waals surface area contributed by atoms with Crippen LogP contribution in [0, 0.1) is 12.7 Å². The maximum atomic E-state index is 14.5. The van der Waals surface area contributed by atoms with E-state index < -0.39 is 21.4 Å². The number of benzene rings is 1. The number of thiophene rings is 1. The summed E-state index contributed by atoms with van der Waals surface area (Å²) in [6, 6.07) is 4.65. The van der Waals surface area contributed by atoms with Crippen LogP contribution in [0.3, 0.4) is 0 Å².